The number of thiophene rings is 1. The number of hydrogen-bond acceptors (Lipinski definition) is 6. The van der Waals surface area contributed by atoms with Gasteiger partial charge in [-0.1, -0.05) is 6.07 Å². The van der Waals surface area contributed by atoms with Gasteiger partial charge in [-0.25, -0.2) is 4.90 Å². The number of carbonyl (C=O) groups is 2. The van der Waals surface area contributed by atoms with Crippen LogP contribution in [0, 0.1) is 0 Å². The molecule has 2 heterocycles. The van der Waals surface area contributed by atoms with Gasteiger partial charge in [0.05, 0.1) is 17.9 Å². The predicted molar refractivity (Wildman–Crippen MR) is 126 cm³/mol. The molecule has 0 saturated carbocycles. The molecule has 0 fully saturated rings. The van der Waals surface area contributed by atoms with Gasteiger partial charge in [-0.15, -0.1) is 11.3 Å². The van der Waals surface area contributed by atoms with Crippen molar-refractivity contribution in [3.05, 3.63) is 76.6 Å². The number of hydrogen-bond donors (Lipinski definition) is 1. The third kappa shape index (κ3) is 4.04. The first-order valence-corrected chi connectivity index (χ1v) is 10.8. The Labute approximate surface area is 185 Å². The lowest BCUT2D eigenvalue weighted by molar-refractivity contribution is -0.120. The molecule has 0 radical (unpaired) electrons. The summed E-state index contributed by atoms with van der Waals surface area (Å²) in [6, 6.07) is 18.4. The number of carbonyl (C=O) groups excluding carboxylic acids is 2. The summed E-state index contributed by atoms with van der Waals surface area (Å²) in [5.41, 5.74) is 2.95. The maximum absolute atomic E-state index is 13.4. The summed E-state index contributed by atoms with van der Waals surface area (Å²) >= 11 is 1.43. The first-order chi connectivity index (χ1) is 15.0. The van der Waals surface area contributed by atoms with Crippen molar-refractivity contribution in [2.75, 3.05) is 35.8 Å². The van der Waals surface area contributed by atoms with E-state index in [4.69, 9.17) is 4.74 Å². The van der Waals surface area contributed by atoms with Crippen LogP contribution < -0.4 is 19.9 Å². The fraction of sp³-hybridized carbons (Fsp3) is 0.167. The second kappa shape index (κ2) is 8.65. The number of ether oxygens (including phenoxy) is 1. The molecule has 2 aromatic carbocycles. The molecule has 0 atom stereocenters. The molecule has 0 aliphatic carbocycles. The van der Waals surface area contributed by atoms with Gasteiger partial charge >= 0.3 is 0 Å². The van der Waals surface area contributed by atoms with Gasteiger partial charge in [0, 0.05) is 30.3 Å². The van der Waals surface area contributed by atoms with Gasteiger partial charge < -0.3 is 15.0 Å². The lowest BCUT2D eigenvalue weighted by Crippen LogP contribution is -2.32. The van der Waals surface area contributed by atoms with Crippen LogP contribution in [0.3, 0.4) is 0 Å². The van der Waals surface area contributed by atoms with Crippen LogP contribution in [0.2, 0.25) is 0 Å². The molecular formula is C24H23N3O3S. The quantitative estimate of drug-likeness (QED) is 0.552. The summed E-state index contributed by atoms with van der Waals surface area (Å²) < 4.78 is 5.47. The summed E-state index contributed by atoms with van der Waals surface area (Å²) in [6.45, 7) is 2.45. The Bertz CT molecular complexity index is 1120. The molecular weight excluding hydrogens is 410 g/mol. The van der Waals surface area contributed by atoms with Crippen LogP contribution in [-0.4, -0.2) is 32.5 Å². The molecule has 1 aliphatic rings. The van der Waals surface area contributed by atoms with Crippen molar-refractivity contribution in [2.45, 2.75) is 6.92 Å². The minimum absolute atomic E-state index is 0.277. The summed E-state index contributed by atoms with van der Waals surface area (Å²) in [5.74, 6) is -0.0330. The second-order valence-electron chi connectivity index (χ2n) is 7.17. The first-order valence-electron chi connectivity index (χ1n) is 9.93. The second-order valence-corrected chi connectivity index (χ2v) is 8.11. The van der Waals surface area contributed by atoms with E-state index in [9.17, 15) is 9.59 Å². The number of nitrogens with zero attached hydrogens (tertiary/aromatic N) is 2. The largest absolute Gasteiger partial charge is 0.494 e. The zero-order valence-electron chi connectivity index (χ0n) is 17.6. The average molecular weight is 434 g/mol. The Morgan fingerprint density at radius 3 is 2.26 bits per heavy atom. The highest BCUT2D eigenvalue weighted by Gasteiger charge is 2.40. The van der Waals surface area contributed by atoms with Crippen LogP contribution in [0.25, 0.3) is 5.57 Å². The Morgan fingerprint density at radius 1 is 0.968 bits per heavy atom. The monoisotopic (exact) mass is 433 g/mol. The number of benzene rings is 2. The Balaban J connectivity index is 1.69. The van der Waals surface area contributed by atoms with Gasteiger partial charge in [-0.3, -0.25) is 9.59 Å². The lowest BCUT2D eigenvalue weighted by atomic mass is 10.1. The minimum Gasteiger partial charge on any atom is -0.494 e. The fourth-order valence-corrected chi connectivity index (χ4v) is 4.14. The van der Waals surface area contributed by atoms with Crippen molar-refractivity contribution in [2.24, 2.45) is 0 Å². The lowest BCUT2D eigenvalue weighted by Gasteiger charge is -2.16. The predicted octanol–water partition coefficient (Wildman–Crippen LogP) is 4.61. The molecule has 1 N–H and O–H groups in total. The van der Waals surface area contributed by atoms with Gasteiger partial charge in [0.15, 0.2) is 0 Å². The summed E-state index contributed by atoms with van der Waals surface area (Å²) in [7, 11) is 3.93. The zero-order chi connectivity index (χ0) is 22.0. The molecule has 0 saturated heterocycles. The zero-order valence-corrected chi connectivity index (χ0v) is 18.4. The van der Waals surface area contributed by atoms with E-state index in [1.807, 2.05) is 67.7 Å². The highest BCUT2D eigenvalue weighted by atomic mass is 32.1. The van der Waals surface area contributed by atoms with E-state index < -0.39 is 0 Å². The molecule has 7 heteroatoms. The van der Waals surface area contributed by atoms with Crippen LogP contribution in [0.1, 0.15) is 11.8 Å². The highest BCUT2D eigenvalue weighted by Crippen LogP contribution is 2.36. The normalized spacial score (nSPS) is 13.7. The SMILES string of the molecule is CCOc1ccc(N2C(=O)C(Nc3ccc(N(C)C)cc3)=C(c3cccs3)C2=O)cc1. The molecule has 3 aromatic rings. The van der Waals surface area contributed by atoms with Crippen molar-refractivity contribution in [3.63, 3.8) is 0 Å². The molecule has 31 heavy (non-hydrogen) atoms. The number of nitrogens with one attached hydrogen (secondary N) is 1. The molecule has 158 valence electrons. The maximum atomic E-state index is 13.4. The molecule has 1 aromatic heterocycles. The number of imide groups is 1. The topological polar surface area (TPSA) is 61.9 Å². The molecule has 0 bridgehead atoms. The van der Waals surface area contributed by atoms with E-state index in [-0.39, 0.29) is 17.5 Å². The fourth-order valence-electron chi connectivity index (χ4n) is 3.37. The van der Waals surface area contributed by atoms with E-state index in [0.29, 0.717) is 23.6 Å². The van der Waals surface area contributed by atoms with E-state index >= 15 is 0 Å². The molecule has 0 unspecified atom stereocenters. The van der Waals surface area contributed by atoms with Crippen LogP contribution in [0.15, 0.2) is 71.7 Å². The van der Waals surface area contributed by atoms with E-state index in [1.54, 1.807) is 24.3 Å². The van der Waals surface area contributed by atoms with E-state index in [0.717, 1.165) is 16.3 Å². The van der Waals surface area contributed by atoms with Gasteiger partial charge in [-0.2, -0.15) is 0 Å². The molecule has 4 rings (SSSR count). The molecule has 1 aliphatic heterocycles. The van der Waals surface area contributed by atoms with Crippen molar-refractivity contribution in [1.29, 1.82) is 0 Å². The summed E-state index contributed by atoms with van der Waals surface area (Å²) in [5, 5.41) is 5.08. The van der Waals surface area contributed by atoms with Gasteiger partial charge in [0.2, 0.25) is 0 Å². The van der Waals surface area contributed by atoms with Crippen molar-refractivity contribution >= 4 is 45.8 Å². The van der Waals surface area contributed by atoms with Crippen LogP contribution in [0.4, 0.5) is 17.1 Å². The Morgan fingerprint density at radius 2 is 1.68 bits per heavy atom. The van der Waals surface area contributed by atoms with Gasteiger partial charge in [0.25, 0.3) is 11.8 Å². The molecule has 6 nitrogen and oxygen atoms in total. The van der Waals surface area contributed by atoms with Crippen molar-refractivity contribution in [3.8, 4) is 5.75 Å². The maximum Gasteiger partial charge on any atom is 0.282 e. The van der Waals surface area contributed by atoms with E-state index in [1.165, 1.54) is 16.2 Å². The number of anilines is 3. The highest BCUT2D eigenvalue weighted by molar-refractivity contribution is 7.11. The third-order valence-corrected chi connectivity index (χ3v) is 5.80. The molecule has 2 amide bonds. The molecule has 0 spiro atoms. The van der Waals surface area contributed by atoms with Gasteiger partial charge in [0.1, 0.15) is 11.4 Å². The van der Waals surface area contributed by atoms with E-state index in [2.05, 4.69) is 5.32 Å². The average Bonchev–Trinajstić information content (AvgIpc) is 3.36. The standard InChI is InChI=1S/C24H23N3O3S/c1-4-30-19-13-11-18(12-14-19)27-23(28)21(20-6-5-15-31-20)22(24(27)29)25-16-7-9-17(10-8-16)26(2)3/h5-15,25H,4H2,1-3H3. The Kier molecular flexibility index (Phi) is 5.77. The smallest absolute Gasteiger partial charge is 0.282 e. The van der Waals surface area contributed by atoms with Crippen molar-refractivity contribution < 1.29 is 14.3 Å². The van der Waals surface area contributed by atoms with Crippen LogP contribution >= 0.6 is 11.3 Å². The number of rotatable bonds is 7. The number of amides is 2. The Hall–Kier alpha value is -3.58. The minimum atomic E-state index is -0.380. The van der Waals surface area contributed by atoms with Crippen LogP contribution in [0.5, 0.6) is 5.75 Å². The summed E-state index contributed by atoms with van der Waals surface area (Å²) in [4.78, 5) is 30.7. The van der Waals surface area contributed by atoms with Gasteiger partial charge in [-0.05, 0) is 66.9 Å². The van der Waals surface area contributed by atoms with Crippen molar-refractivity contribution in [1.82, 2.24) is 0 Å². The third-order valence-electron chi connectivity index (χ3n) is 4.91. The summed E-state index contributed by atoms with van der Waals surface area (Å²) in [6.07, 6.45) is 0. The van der Waals surface area contributed by atoms with Crippen LogP contribution in [-0.2, 0) is 9.59 Å². The first kappa shape index (κ1) is 20.7.